The highest BCUT2D eigenvalue weighted by molar-refractivity contribution is 5.92. The lowest BCUT2D eigenvalue weighted by molar-refractivity contribution is -0.115. The molecule has 0 aliphatic rings. The number of carbonyl (C=O) groups is 1. The summed E-state index contributed by atoms with van der Waals surface area (Å²) in [5.74, 6) is -0.0916. The molecule has 0 atom stereocenters. The minimum absolute atomic E-state index is 0.0283. The van der Waals surface area contributed by atoms with Gasteiger partial charge in [0.15, 0.2) is 0 Å². The van der Waals surface area contributed by atoms with Crippen molar-refractivity contribution in [1.29, 1.82) is 0 Å². The van der Waals surface area contributed by atoms with Gasteiger partial charge in [-0.1, -0.05) is 32.0 Å². The molecule has 0 heterocycles. The molecular formula is C21H29N3O2. The zero-order valence-electron chi connectivity index (χ0n) is 15.8. The van der Waals surface area contributed by atoms with E-state index in [0.717, 1.165) is 30.6 Å². The molecule has 2 aromatic carbocycles. The van der Waals surface area contributed by atoms with Gasteiger partial charge in [0.1, 0.15) is 5.75 Å². The van der Waals surface area contributed by atoms with Crippen LogP contribution < -0.4 is 16.4 Å². The first-order chi connectivity index (χ1) is 12.3. The SMILES string of the molecule is CCC(C)(CC)NCc1ccc(NC(=O)Cc2ccc(O)c(N)c2)cc1. The van der Waals surface area contributed by atoms with Gasteiger partial charge in [0.25, 0.3) is 0 Å². The summed E-state index contributed by atoms with van der Waals surface area (Å²) in [5, 5.41) is 15.9. The molecule has 140 valence electrons. The lowest BCUT2D eigenvalue weighted by Crippen LogP contribution is -2.40. The summed E-state index contributed by atoms with van der Waals surface area (Å²) < 4.78 is 0. The third kappa shape index (κ3) is 5.49. The molecule has 1 amide bonds. The standard InChI is InChI=1S/C21H29N3O2/c1-4-21(3,5-2)23-14-15-6-9-17(10-7-15)24-20(26)13-16-8-11-19(25)18(22)12-16/h6-12,23,25H,4-5,13-14,22H2,1-3H3,(H,24,26). The third-order valence-corrected chi connectivity index (χ3v) is 4.97. The van der Waals surface area contributed by atoms with E-state index in [1.165, 1.54) is 11.6 Å². The molecule has 5 N–H and O–H groups in total. The Kier molecular flexibility index (Phi) is 6.64. The molecule has 0 saturated carbocycles. The number of hydrogen-bond donors (Lipinski definition) is 4. The highest BCUT2D eigenvalue weighted by Gasteiger charge is 2.17. The topological polar surface area (TPSA) is 87.4 Å². The van der Waals surface area contributed by atoms with Gasteiger partial charge in [-0.15, -0.1) is 0 Å². The predicted octanol–water partition coefficient (Wildman–Crippen LogP) is 3.82. The first-order valence-corrected chi connectivity index (χ1v) is 9.06. The molecule has 0 spiro atoms. The van der Waals surface area contributed by atoms with E-state index in [1.54, 1.807) is 12.1 Å². The summed E-state index contributed by atoms with van der Waals surface area (Å²) in [6.45, 7) is 7.42. The van der Waals surface area contributed by atoms with Crippen LogP contribution in [0.5, 0.6) is 5.75 Å². The molecule has 0 aromatic heterocycles. The molecule has 2 rings (SSSR count). The van der Waals surface area contributed by atoms with Crippen molar-refractivity contribution in [2.75, 3.05) is 11.1 Å². The maximum Gasteiger partial charge on any atom is 0.228 e. The summed E-state index contributed by atoms with van der Waals surface area (Å²) in [6.07, 6.45) is 2.37. The van der Waals surface area contributed by atoms with Gasteiger partial charge in [0.05, 0.1) is 12.1 Å². The van der Waals surface area contributed by atoms with E-state index in [1.807, 2.05) is 24.3 Å². The first-order valence-electron chi connectivity index (χ1n) is 9.06. The van der Waals surface area contributed by atoms with Crippen LogP contribution in [-0.2, 0) is 17.8 Å². The Morgan fingerprint density at radius 2 is 1.69 bits per heavy atom. The number of hydrogen-bond acceptors (Lipinski definition) is 4. The number of rotatable bonds is 8. The van der Waals surface area contributed by atoms with E-state index < -0.39 is 0 Å². The van der Waals surface area contributed by atoms with Crippen molar-refractivity contribution in [3.8, 4) is 5.75 Å². The second kappa shape index (κ2) is 8.72. The highest BCUT2D eigenvalue weighted by atomic mass is 16.3. The maximum absolute atomic E-state index is 12.2. The van der Waals surface area contributed by atoms with Crippen molar-refractivity contribution in [2.45, 2.75) is 52.1 Å². The number of carbonyl (C=O) groups excluding carboxylic acids is 1. The quantitative estimate of drug-likeness (QED) is 0.428. The Hall–Kier alpha value is -2.53. The van der Waals surface area contributed by atoms with Crippen LogP contribution in [0.4, 0.5) is 11.4 Å². The summed E-state index contributed by atoms with van der Waals surface area (Å²) >= 11 is 0. The van der Waals surface area contributed by atoms with E-state index in [4.69, 9.17) is 5.73 Å². The van der Waals surface area contributed by atoms with Crippen molar-refractivity contribution in [1.82, 2.24) is 5.32 Å². The Morgan fingerprint density at radius 1 is 1.08 bits per heavy atom. The van der Waals surface area contributed by atoms with Gasteiger partial charge >= 0.3 is 0 Å². The van der Waals surface area contributed by atoms with E-state index in [-0.39, 0.29) is 29.3 Å². The molecule has 0 unspecified atom stereocenters. The van der Waals surface area contributed by atoms with Crippen molar-refractivity contribution in [2.24, 2.45) is 0 Å². The molecule has 0 saturated heterocycles. The van der Waals surface area contributed by atoms with Crippen molar-refractivity contribution < 1.29 is 9.90 Å². The Bertz CT molecular complexity index is 737. The largest absolute Gasteiger partial charge is 0.506 e. The monoisotopic (exact) mass is 355 g/mol. The fraction of sp³-hybridized carbons (Fsp3) is 0.381. The second-order valence-corrected chi connectivity index (χ2v) is 6.94. The maximum atomic E-state index is 12.2. The number of aromatic hydroxyl groups is 1. The Labute approximate surface area is 155 Å². The molecule has 0 fully saturated rings. The zero-order valence-corrected chi connectivity index (χ0v) is 15.8. The predicted molar refractivity (Wildman–Crippen MR) is 107 cm³/mol. The molecule has 26 heavy (non-hydrogen) atoms. The van der Waals surface area contributed by atoms with Crippen LogP contribution in [-0.4, -0.2) is 16.6 Å². The molecule has 2 aromatic rings. The van der Waals surface area contributed by atoms with Crippen LogP contribution in [0, 0.1) is 0 Å². The van der Waals surface area contributed by atoms with E-state index in [2.05, 4.69) is 31.4 Å². The van der Waals surface area contributed by atoms with Gasteiger partial charge in [-0.25, -0.2) is 0 Å². The van der Waals surface area contributed by atoms with Gasteiger partial charge in [0.2, 0.25) is 5.91 Å². The molecule has 0 aliphatic heterocycles. The molecule has 5 heteroatoms. The van der Waals surface area contributed by atoms with Crippen LogP contribution >= 0.6 is 0 Å². The van der Waals surface area contributed by atoms with Gasteiger partial charge in [0, 0.05) is 17.8 Å². The molecule has 5 nitrogen and oxygen atoms in total. The van der Waals surface area contributed by atoms with Gasteiger partial charge in [-0.05, 0) is 55.2 Å². The van der Waals surface area contributed by atoms with E-state index >= 15 is 0 Å². The Balaban J connectivity index is 1.90. The molecule has 0 bridgehead atoms. The van der Waals surface area contributed by atoms with E-state index in [9.17, 15) is 9.90 Å². The lowest BCUT2D eigenvalue weighted by atomic mass is 9.95. The van der Waals surface area contributed by atoms with Gasteiger partial charge in [-0.2, -0.15) is 0 Å². The summed E-state index contributed by atoms with van der Waals surface area (Å²) in [4.78, 5) is 12.2. The van der Waals surface area contributed by atoms with Crippen LogP contribution in [0.2, 0.25) is 0 Å². The first kappa shape index (κ1) is 19.8. The lowest BCUT2D eigenvalue weighted by Gasteiger charge is -2.28. The van der Waals surface area contributed by atoms with Crippen LogP contribution in [0.1, 0.15) is 44.7 Å². The average Bonchev–Trinajstić information content (AvgIpc) is 2.64. The highest BCUT2D eigenvalue weighted by Crippen LogP contribution is 2.21. The van der Waals surface area contributed by atoms with E-state index in [0.29, 0.717) is 0 Å². The number of anilines is 2. The average molecular weight is 355 g/mol. The fourth-order valence-electron chi connectivity index (χ4n) is 2.63. The Morgan fingerprint density at radius 3 is 2.27 bits per heavy atom. The molecule has 0 aliphatic carbocycles. The van der Waals surface area contributed by atoms with Gasteiger partial charge < -0.3 is 21.5 Å². The van der Waals surface area contributed by atoms with Crippen LogP contribution in [0.15, 0.2) is 42.5 Å². The van der Waals surface area contributed by atoms with Crippen LogP contribution in [0.3, 0.4) is 0 Å². The second-order valence-electron chi connectivity index (χ2n) is 6.94. The summed E-state index contributed by atoms with van der Waals surface area (Å²) in [6, 6.07) is 12.7. The number of phenols is 1. The minimum atomic E-state index is -0.120. The molecular weight excluding hydrogens is 326 g/mol. The number of nitrogens with two attached hydrogens (primary N) is 1. The van der Waals surface area contributed by atoms with Gasteiger partial charge in [-0.3, -0.25) is 4.79 Å². The fourth-order valence-corrected chi connectivity index (χ4v) is 2.63. The number of amides is 1. The van der Waals surface area contributed by atoms with Crippen molar-refractivity contribution >= 4 is 17.3 Å². The number of benzene rings is 2. The normalized spacial score (nSPS) is 11.3. The number of phenolic OH excluding ortho intramolecular Hbond substituents is 1. The zero-order chi connectivity index (χ0) is 19.2. The van der Waals surface area contributed by atoms with Crippen molar-refractivity contribution in [3.05, 3.63) is 53.6 Å². The van der Waals surface area contributed by atoms with Crippen molar-refractivity contribution in [3.63, 3.8) is 0 Å². The third-order valence-electron chi connectivity index (χ3n) is 4.97. The number of nitrogen functional groups attached to an aromatic ring is 1. The van der Waals surface area contributed by atoms with Crippen LogP contribution in [0.25, 0.3) is 0 Å². The smallest absolute Gasteiger partial charge is 0.228 e. The summed E-state index contributed by atoms with van der Waals surface area (Å²) in [5.41, 5.74) is 8.79. The molecule has 0 radical (unpaired) electrons. The minimum Gasteiger partial charge on any atom is -0.506 e. The number of nitrogens with one attached hydrogen (secondary N) is 2. The summed E-state index contributed by atoms with van der Waals surface area (Å²) in [7, 11) is 0.